The van der Waals surface area contributed by atoms with Gasteiger partial charge in [0, 0.05) is 17.5 Å². The lowest BCUT2D eigenvalue weighted by atomic mass is 9.74. The van der Waals surface area contributed by atoms with Crippen LogP contribution >= 0.6 is 0 Å². The number of hydrogen-bond donors (Lipinski definition) is 2. The summed E-state index contributed by atoms with van der Waals surface area (Å²) in [6.45, 7) is 7.12. The lowest BCUT2D eigenvalue weighted by molar-refractivity contribution is -0.126. The highest BCUT2D eigenvalue weighted by molar-refractivity contribution is 7.90. The SMILES string of the molecule is CC(C)(N)C(C)(C)C(=O)Nc1ccc(S(C)(=O)=O)cc1. The fourth-order valence-corrected chi connectivity index (χ4v) is 2.00. The smallest absolute Gasteiger partial charge is 0.231 e. The molecule has 0 aliphatic rings. The first-order valence-electron chi connectivity index (χ1n) is 6.26. The standard InChI is InChI=1S/C14H22N2O3S/c1-13(2,14(3,4)15)12(17)16-10-6-8-11(9-7-10)20(5,18)19/h6-9H,15H2,1-5H3,(H,16,17). The van der Waals surface area contributed by atoms with Crippen LogP contribution in [0.1, 0.15) is 27.7 Å². The van der Waals surface area contributed by atoms with Gasteiger partial charge in [0.1, 0.15) is 0 Å². The zero-order chi connectivity index (χ0) is 15.8. The summed E-state index contributed by atoms with van der Waals surface area (Å²) < 4.78 is 22.7. The number of nitrogens with two attached hydrogens (primary N) is 1. The second kappa shape index (κ2) is 5.18. The number of benzene rings is 1. The molecule has 1 rings (SSSR count). The molecule has 1 amide bonds. The number of carbonyl (C=O) groups excluding carboxylic acids is 1. The number of nitrogens with one attached hydrogen (secondary N) is 1. The first-order valence-corrected chi connectivity index (χ1v) is 8.15. The molecule has 0 aliphatic heterocycles. The lowest BCUT2D eigenvalue weighted by Gasteiger charge is -2.36. The third-order valence-corrected chi connectivity index (χ3v) is 4.85. The Bertz CT molecular complexity index is 596. The van der Waals surface area contributed by atoms with E-state index in [0.717, 1.165) is 6.26 Å². The van der Waals surface area contributed by atoms with Gasteiger partial charge in [0.05, 0.1) is 10.3 Å². The van der Waals surface area contributed by atoms with Crippen molar-refractivity contribution in [3.8, 4) is 0 Å². The Balaban J connectivity index is 2.93. The molecule has 0 aliphatic carbocycles. The van der Waals surface area contributed by atoms with Crippen LogP contribution in [0.4, 0.5) is 5.69 Å². The van der Waals surface area contributed by atoms with Crippen LogP contribution in [-0.2, 0) is 14.6 Å². The molecule has 0 saturated heterocycles. The average Bonchev–Trinajstić information content (AvgIpc) is 2.26. The molecule has 0 unspecified atom stereocenters. The molecule has 0 aromatic heterocycles. The number of hydrogen-bond acceptors (Lipinski definition) is 4. The van der Waals surface area contributed by atoms with Crippen LogP contribution in [0.2, 0.25) is 0 Å². The summed E-state index contributed by atoms with van der Waals surface area (Å²) in [7, 11) is -3.23. The number of carbonyl (C=O) groups is 1. The molecule has 0 spiro atoms. The van der Waals surface area contributed by atoms with Crippen molar-refractivity contribution < 1.29 is 13.2 Å². The van der Waals surface area contributed by atoms with Gasteiger partial charge in [0.15, 0.2) is 9.84 Å². The fraction of sp³-hybridized carbons (Fsp3) is 0.500. The van der Waals surface area contributed by atoms with Crippen molar-refractivity contribution in [2.24, 2.45) is 11.1 Å². The van der Waals surface area contributed by atoms with Gasteiger partial charge in [-0.2, -0.15) is 0 Å². The maximum Gasteiger partial charge on any atom is 0.231 e. The van der Waals surface area contributed by atoms with Gasteiger partial charge in [0.25, 0.3) is 0 Å². The summed E-state index contributed by atoms with van der Waals surface area (Å²) in [5.41, 5.74) is 5.11. The molecule has 0 atom stereocenters. The zero-order valence-corrected chi connectivity index (χ0v) is 13.3. The minimum absolute atomic E-state index is 0.211. The van der Waals surface area contributed by atoms with E-state index in [9.17, 15) is 13.2 Å². The Morgan fingerprint density at radius 2 is 1.55 bits per heavy atom. The molecule has 5 nitrogen and oxygen atoms in total. The van der Waals surface area contributed by atoms with Gasteiger partial charge in [-0.3, -0.25) is 4.79 Å². The number of anilines is 1. The second-order valence-corrected chi connectivity index (χ2v) is 8.11. The average molecular weight is 298 g/mol. The van der Waals surface area contributed by atoms with Crippen LogP contribution < -0.4 is 11.1 Å². The van der Waals surface area contributed by atoms with Crippen LogP contribution in [0.3, 0.4) is 0 Å². The highest BCUT2D eigenvalue weighted by Crippen LogP contribution is 2.29. The topological polar surface area (TPSA) is 89.3 Å². The molecule has 20 heavy (non-hydrogen) atoms. The predicted molar refractivity (Wildman–Crippen MR) is 80.2 cm³/mol. The summed E-state index contributed by atoms with van der Waals surface area (Å²) in [5.74, 6) is -0.211. The van der Waals surface area contributed by atoms with E-state index in [0.29, 0.717) is 5.69 Å². The largest absolute Gasteiger partial charge is 0.326 e. The molecule has 0 saturated carbocycles. The maximum absolute atomic E-state index is 12.3. The third kappa shape index (κ3) is 3.58. The van der Waals surface area contributed by atoms with Crippen molar-refractivity contribution in [2.45, 2.75) is 38.1 Å². The maximum atomic E-state index is 12.3. The van der Waals surface area contributed by atoms with Crippen LogP contribution in [0.5, 0.6) is 0 Å². The number of amides is 1. The molecular formula is C14H22N2O3S. The summed E-state index contributed by atoms with van der Waals surface area (Å²) in [4.78, 5) is 12.5. The third-order valence-electron chi connectivity index (χ3n) is 3.72. The van der Waals surface area contributed by atoms with E-state index < -0.39 is 20.8 Å². The van der Waals surface area contributed by atoms with E-state index in [4.69, 9.17) is 5.73 Å². The van der Waals surface area contributed by atoms with E-state index in [1.165, 1.54) is 12.1 Å². The summed E-state index contributed by atoms with van der Waals surface area (Å²) in [6.07, 6.45) is 1.14. The summed E-state index contributed by atoms with van der Waals surface area (Å²) >= 11 is 0. The Kier molecular flexibility index (Phi) is 4.31. The zero-order valence-electron chi connectivity index (χ0n) is 12.5. The van der Waals surface area contributed by atoms with Crippen molar-refractivity contribution in [3.05, 3.63) is 24.3 Å². The molecule has 3 N–H and O–H groups in total. The van der Waals surface area contributed by atoms with E-state index in [1.807, 2.05) is 0 Å². The van der Waals surface area contributed by atoms with Crippen molar-refractivity contribution in [1.29, 1.82) is 0 Å². The van der Waals surface area contributed by atoms with Crippen LogP contribution in [0, 0.1) is 5.41 Å². The van der Waals surface area contributed by atoms with E-state index in [-0.39, 0.29) is 10.8 Å². The molecule has 6 heteroatoms. The van der Waals surface area contributed by atoms with Gasteiger partial charge in [-0.25, -0.2) is 8.42 Å². The molecule has 1 aromatic carbocycles. The quantitative estimate of drug-likeness (QED) is 0.887. The van der Waals surface area contributed by atoms with E-state index in [2.05, 4.69) is 5.32 Å². The summed E-state index contributed by atoms with van der Waals surface area (Å²) in [5, 5.41) is 2.75. The first-order chi connectivity index (χ1) is 8.85. The molecule has 0 heterocycles. The normalized spacial score (nSPS) is 13.1. The van der Waals surface area contributed by atoms with E-state index in [1.54, 1.807) is 39.8 Å². The van der Waals surface area contributed by atoms with Gasteiger partial charge in [-0.15, -0.1) is 0 Å². The Morgan fingerprint density at radius 3 is 1.90 bits per heavy atom. The lowest BCUT2D eigenvalue weighted by Crippen LogP contribution is -2.53. The number of sulfone groups is 1. The van der Waals surface area contributed by atoms with Gasteiger partial charge >= 0.3 is 0 Å². The minimum Gasteiger partial charge on any atom is -0.326 e. The van der Waals surface area contributed by atoms with E-state index >= 15 is 0 Å². The number of rotatable bonds is 4. The highest BCUT2D eigenvalue weighted by atomic mass is 32.2. The van der Waals surface area contributed by atoms with Crippen LogP contribution in [0.25, 0.3) is 0 Å². The molecular weight excluding hydrogens is 276 g/mol. The van der Waals surface area contributed by atoms with Gasteiger partial charge in [-0.05, 0) is 52.0 Å². The Labute approximate surface area is 120 Å². The monoisotopic (exact) mass is 298 g/mol. The van der Waals surface area contributed by atoms with Gasteiger partial charge in [0.2, 0.25) is 5.91 Å². The van der Waals surface area contributed by atoms with Crippen molar-refractivity contribution in [1.82, 2.24) is 0 Å². The van der Waals surface area contributed by atoms with Gasteiger partial charge in [-0.1, -0.05) is 0 Å². The van der Waals surface area contributed by atoms with Crippen molar-refractivity contribution in [3.63, 3.8) is 0 Å². The first kappa shape index (κ1) is 16.7. The summed E-state index contributed by atoms with van der Waals surface area (Å²) in [6, 6.07) is 6.05. The second-order valence-electron chi connectivity index (χ2n) is 6.10. The molecule has 1 aromatic rings. The predicted octanol–water partition coefficient (Wildman–Crippen LogP) is 1.79. The molecule has 112 valence electrons. The molecule has 0 fully saturated rings. The van der Waals surface area contributed by atoms with Crippen LogP contribution in [-0.4, -0.2) is 26.1 Å². The van der Waals surface area contributed by atoms with Crippen LogP contribution in [0.15, 0.2) is 29.2 Å². The highest BCUT2D eigenvalue weighted by Gasteiger charge is 2.40. The Hall–Kier alpha value is -1.40. The fourth-order valence-electron chi connectivity index (χ4n) is 1.37. The minimum atomic E-state index is -3.23. The molecule has 0 bridgehead atoms. The Morgan fingerprint density at radius 1 is 1.10 bits per heavy atom. The van der Waals surface area contributed by atoms with Gasteiger partial charge < -0.3 is 11.1 Å². The molecule has 0 radical (unpaired) electrons. The van der Waals surface area contributed by atoms with Crippen molar-refractivity contribution in [2.75, 3.05) is 11.6 Å². The van der Waals surface area contributed by atoms with Crippen molar-refractivity contribution >= 4 is 21.4 Å².